The van der Waals surface area contributed by atoms with Gasteiger partial charge in [-0.05, 0) is 48.6 Å². The third-order valence-electron chi connectivity index (χ3n) is 4.24. The summed E-state index contributed by atoms with van der Waals surface area (Å²) in [6.07, 6.45) is 4.43. The van der Waals surface area contributed by atoms with Gasteiger partial charge in [-0.1, -0.05) is 24.3 Å². The van der Waals surface area contributed by atoms with Crippen molar-refractivity contribution < 1.29 is 0 Å². The van der Waals surface area contributed by atoms with E-state index in [1.807, 2.05) is 0 Å². The number of benzene rings is 1. The molecule has 4 nitrogen and oxygen atoms in total. The molecule has 0 unspecified atom stereocenters. The minimum absolute atomic E-state index is 0.674. The Morgan fingerprint density at radius 2 is 2.04 bits per heavy atom. The van der Waals surface area contributed by atoms with Gasteiger partial charge in [0.15, 0.2) is 5.96 Å². The molecule has 0 fully saturated rings. The number of rotatable bonds is 6. The topological polar surface area (TPSA) is 39.7 Å². The van der Waals surface area contributed by atoms with Crippen molar-refractivity contribution in [1.82, 2.24) is 10.6 Å². The van der Waals surface area contributed by atoms with Gasteiger partial charge in [-0.25, -0.2) is 4.99 Å². The molecule has 25 heavy (non-hydrogen) atoms. The number of hydrogen-bond acceptors (Lipinski definition) is 3. The fourth-order valence-corrected chi connectivity index (χ4v) is 3.65. The second kappa shape index (κ2) is 8.72. The van der Waals surface area contributed by atoms with E-state index >= 15 is 0 Å². The zero-order valence-corrected chi connectivity index (χ0v) is 15.8. The lowest BCUT2D eigenvalue weighted by Crippen LogP contribution is -2.36. The van der Waals surface area contributed by atoms with Crippen LogP contribution in [0.3, 0.4) is 0 Å². The molecule has 1 aromatic heterocycles. The molecular formula is C20H26N4S. The molecule has 2 heterocycles. The predicted octanol–water partition coefficient (Wildman–Crippen LogP) is 3.69. The summed E-state index contributed by atoms with van der Waals surface area (Å²) < 4.78 is 0. The number of aryl methyl sites for hydroxylation is 1. The number of anilines is 1. The van der Waals surface area contributed by atoms with Gasteiger partial charge >= 0.3 is 0 Å². The first-order chi connectivity index (χ1) is 12.3. The third kappa shape index (κ3) is 4.86. The SMILES string of the molecule is CCNC(=NCc1cccc(N2CC=CC2)c1)NCc1sccc1C. The van der Waals surface area contributed by atoms with E-state index < -0.39 is 0 Å². The smallest absolute Gasteiger partial charge is 0.191 e. The van der Waals surface area contributed by atoms with Crippen molar-refractivity contribution in [2.24, 2.45) is 4.99 Å². The highest BCUT2D eigenvalue weighted by Crippen LogP contribution is 2.19. The number of nitrogens with one attached hydrogen (secondary N) is 2. The first kappa shape index (κ1) is 17.5. The molecule has 5 heteroatoms. The lowest BCUT2D eigenvalue weighted by atomic mass is 10.2. The molecule has 2 N–H and O–H groups in total. The van der Waals surface area contributed by atoms with E-state index in [9.17, 15) is 0 Å². The van der Waals surface area contributed by atoms with Gasteiger partial charge in [-0.2, -0.15) is 0 Å². The zero-order valence-electron chi connectivity index (χ0n) is 15.0. The van der Waals surface area contributed by atoms with Crippen LogP contribution in [0.25, 0.3) is 0 Å². The van der Waals surface area contributed by atoms with Gasteiger partial charge in [0, 0.05) is 30.2 Å². The summed E-state index contributed by atoms with van der Waals surface area (Å²) in [4.78, 5) is 8.46. The molecule has 0 bridgehead atoms. The summed E-state index contributed by atoms with van der Waals surface area (Å²) in [5.74, 6) is 0.864. The van der Waals surface area contributed by atoms with Crippen LogP contribution in [-0.2, 0) is 13.1 Å². The molecule has 0 radical (unpaired) electrons. The molecule has 2 aromatic rings. The molecule has 0 saturated carbocycles. The van der Waals surface area contributed by atoms with Crippen molar-refractivity contribution >= 4 is 23.0 Å². The normalized spacial score (nSPS) is 14.2. The number of thiophene rings is 1. The van der Waals surface area contributed by atoms with Crippen LogP contribution in [0.15, 0.2) is 52.9 Å². The van der Waals surface area contributed by atoms with Crippen molar-refractivity contribution in [3.05, 3.63) is 63.9 Å². The molecule has 1 aromatic carbocycles. The van der Waals surface area contributed by atoms with E-state index in [0.29, 0.717) is 6.54 Å². The summed E-state index contributed by atoms with van der Waals surface area (Å²) in [5, 5.41) is 8.89. The minimum Gasteiger partial charge on any atom is -0.364 e. The second-order valence-electron chi connectivity index (χ2n) is 6.12. The number of aliphatic imine (C=N–C) groups is 1. The van der Waals surface area contributed by atoms with Gasteiger partial charge in [0.2, 0.25) is 0 Å². The van der Waals surface area contributed by atoms with Crippen molar-refractivity contribution in [2.75, 3.05) is 24.5 Å². The number of guanidine groups is 1. The summed E-state index contributed by atoms with van der Waals surface area (Å²) in [6.45, 7) is 8.58. The van der Waals surface area contributed by atoms with Crippen LogP contribution < -0.4 is 15.5 Å². The van der Waals surface area contributed by atoms with Crippen LogP contribution in [-0.4, -0.2) is 25.6 Å². The Bertz CT molecular complexity index is 740. The molecule has 3 rings (SSSR count). The van der Waals surface area contributed by atoms with Crippen molar-refractivity contribution in [1.29, 1.82) is 0 Å². The Morgan fingerprint density at radius 3 is 2.76 bits per heavy atom. The Hall–Kier alpha value is -2.27. The van der Waals surface area contributed by atoms with Gasteiger partial charge < -0.3 is 15.5 Å². The van der Waals surface area contributed by atoms with Crippen LogP contribution in [0.4, 0.5) is 5.69 Å². The van der Waals surface area contributed by atoms with E-state index in [4.69, 9.17) is 4.99 Å². The monoisotopic (exact) mass is 354 g/mol. The summed E-state index contributed by atoms with van der Waals surface area (Å²) >= 11 is 1.78. The van der Waals surface area contributed by atoms with Crippen LogP contribution in [0.2, 0.25) is 0 Å². The molecule has 0 saturated heterocycles. The lowest BCUT2D eigenvalue weighted by molar-refractivity contribution is 0.821. The largest absolute Gasteiger partial charge is 0.364 e. The maximum Gasteiger partial charge on any atom is 0.191 e. The molecule has 1 aliphatic rings. The number of nitrogens with zero attached hydrogens (tertiary/aromatic N) is 2. The zero-order chi connectivity index (χ0) is 17.5. The van der Waals surface area contributed by atoms with Crippen LogP contribution in [0.1, 0.15) is 22.9 Å². The summed E-state index contributed by atoms with van der Waals surface area (Å²) in [6, 6.07) is 10.8. The van der Waals surface area contributed by atoms with E-state index in [1.165, 1.54) is 21.7 Å². The minimum atomic E-state index is 0.674. The van der Waals surface area contributed by atoms with Crippen LogP contribution in [0.5, 0.6) is 0 Å². The Kier molecular flexibility index (Phi) is 6.12. The summed E-state index contributed by atoms with van der Waals surface area (Å²) in [5.41, 5.74) is 3.83. The highest BCUT2D eigenvalue weighted by molar-refractivity contribution is 7.10. The average molecular weight is 355 g/mol. The van der Waals surface area contributed by atoms with E-state index in [-0.39, 0.29) is 0 Å². The van der Waals surface area contributed by atoms with Crippen molar-refractivity contribution in [3.63, 3.8) is 0 Å². The van der Waals surface area contributed by atoms with Gasteiger partial charge in [-0.3, -0.25) is 0 Å². The second-order valence-corrected chi connectivity index (χ2v) is 7.12. The third-order valence-corrected chi connectivity index (χ3v) is 5.27. The molecule has 1 aliphatic heterocycles. The maximum absolute atomic E-state index is 4.75. The summed E-state index contributed by atoms with van der Waals surface area (Å²) in [7, 11) is 0. The van der Waals surface area contributed by atoms with Gasteiger partial charge in [0.1, 0.15) is 0 Å². The van der Waals surface area contributed by atoms with E-state index in [0.717, 1.165) is 32.1 Å². The lowest BCUT2D eigenvalue weighted by Gasteiger charge is -2.18. The Morgan fingerprint density at radius 1 is 1.20 bits per heavy atom. The fourth-order valence-electron chi connectivity index (χ4n) is 2.80. The Labute approximate surface area is 154 Å². The van der Waals surface area contributed by atoms with Crippen molar-refractivity contribution in [3.8, 4) is 0 Å². The Balaban J connectivity index is 1.62. The highest BCUT2D eigenvalue weighted by Gasteiger charge is 2.08. The van der Waals surface area contributed by atoms with E-state index in [1.54, 1.807) is 11.3 Å². The van der Waals surface area contributed by atoms with Gasteiger partial charge in [-0.15, -0.1) is 11.3 Å². The fraction of sp³-hybridized carbons (Fsp3) is 0.350. The molecule has 0 atom stereocenters. The van der Waals surface area contributed by atoms with Crippen LogP contribution >= 0.6 is 11.3 Å². The maximum atomic E-state index is 4.75. The first-order valence-electron chi connectivity index (χ1n) is 8.80. The van der Waals surface area contributed by atoms with E-state index in [2.05, 4.69) is 77.2 Å². The first-order valence-corrected chi connectivity index (χ1v) is 9.68. The molecular weight excluding hydrogens is 328 g/mol. The van der Waals surface area contributed by atoms with Gasteiger partial charge in [0.25, 0.3) is 0 Å². The van der Waals surface area contributed by atoms with Gasteiger partial charge in [0.05, 0.1) is 13.1 Å². The quantitative estimate of drug-likeness (QED) is 0.472. The molecule has 0 amide bonds. The highest BCUT2D eigenvalue weighted by atomic mass is 32.1. The standard InChI is InChI=1S/C20H26N4S/c1-3-21-20(23-15-19-16(2)9-12-25-19)22-14-17-7-6-8-18(13-17)24-10-4-5-11-24/h4-9,12-13H,3,10-11,14-15H2,1-2H3,(H2,21,22,23). The average Bonchev–Trinajstić information content (AvgIpc) is 3.29. The predicted molar refractivity (Wildman–Crippen MR) is 109 cm³/mol. The molecule has 0 spiro atoms. The van der Waals surface area contributed by atoms with Crippen LogP contribution in [0, 0.1) is 6.92 Å². The molecule has 132 valence electrons. The van der Waals surface area contributed by atoms with Crippen molar-refractivity contribution in [2.45, 2.75) is 26.9 Å². The molecule has 0 aliphatic carbocycles. The number of hydrogen-bond donors (Lipinski definition) is 2.